The lowest BCUT2D eigenvalue weighted by molar-refractivity contribution is 0.0977. The van der Waals surface area contributed by atoms with E-state index >= 15 is 0 Å². The van der Waals surface area contributed by atoms with E-state index in [0.717, 1.165) is 0 Å². The minimum absolute atomic E-state index is 0.118. The van der Waals surface area contributed by atoms with Crippen LogP contribution in [0.15, 0.2) is 12.1 Å². The molecule has 1 rings (SSSR count). The first-order chi connectivity index (χ1) is 7.45. The molecule has 0 spiro atoms. The fraction of sp³-hybridized carbons (Fsp3) is 0.111. The van der Waals surface area contributed by atoms with Crippen LogP contribution in [0.5, 0.6) is 5.75 Å². The Morgan fingerprint density at radius 2 is 1.94 bits per heavy atom. The normalized spacial score (nSPS) is 9.69. The van der Waals surface area contributed by atoms with Crippen LogP contribution in [0.1, 0.15) is 10.4 Å². The van der Waals surface area contributed by atoms with Gasteiger partial charge in [-0.25, -0.2) is 0 Å². The molecule has 4 nitrogen and oxygen atoms in total. The summed E-state index contributed by atoms with van der Waals surface area (Å²) in [5, 5.41) is 2.62. The van der Waals surface area contributed by atoms with E-state index in [1.165, 1.54) is 19.2 Å². The Kier molecular flexibility index (Phi) is 4.35. The molecule has 3 N–H and O–H groups in total. The third kappa shape index (κ3) is 2.98. The molecule has 0 saturated heterocycles. The van der Waals surface area contributed by atoms with Gasteiger partial charge in [-0.05, 0) is 24.4 Å². The Bertz CT molecular complexity index is 428. The molecular formula is C9H8Cl2N2O2S. The number of rotatable bonds is 2. The zero-order valence-corrected chi connectivity index (χ0v) is 10.5. The van der Waals surface area contributed by atoms with Gasteiger partial charge in [-0.2, -0.15) is 0 Å². The summed E-state index contributed by atoms with van der Waals surface area (Å²) >= 11 is 16.3. The van der Waals surface area contributed by atoms with E-state index in [-0.39, 0.29) is 20.7 Å². The van der Waals surface area contributed by atoms with Gasteiger partial charge >= 0.3 is 0 Å². The third-order valence-electron chi connectivity index (χ3n) is 1.70. The maximum atomic E-state index is 11.5. The summed E-state index contributed by atoms with van der Waals surface area (Å²) in [6.45, 7) is 0. The lowest BCUT2D eigenvalue weighted by atomic mass is 10.2. The van der Waals surface area contributed by atoms with Crippen LogP contribution < -0.4 is 15.8 Å². The molecular weight excluding hydrogens is 271 g/mol. The maximum Gasteiger partial charge on any atom is 0.257 e. The average Bonchev–Trinajstić information content (AvgIpc) is 2.16. The number of halogens is 2. The topological polar surface area (TPSA) is 64.3 Å². The lowest BCUT2D eigenvalue weighted by Gasteiger charge is -2.08. The number of carbonyl (C=O) groups is 1. The fourth-order valence-electron chi connectivity index (χ4n) is 1.07. The number of carbonyl (C=O) groups excluding carboxylic acids is 1. The molecule has 0 heterocycles. The van der Waals surface area contributed by atoms with Crippen LogP contribution in [-0.2, 0) is 0 Å². The standard InChI is InChI=1S/C9H8Cl2N2O2S/c1-15-7-5(10)2-4(3-6(7)11)8(14)13-9(12)16/h2-3H,1H3,(H3,12,13,14,16). The van der Waals surface area contributed by atoms with Crippen molar-refractivity contribution in [1.29, 1.82) is 0 Å². The number of hydrogen-bond acceptors (Lipinski definition) is 3. The highest BCUT2D eigenvalue weighted by atomic mass is 35.5. The van der Waals surface area contributed by atoms with Crippen LogP contribution in [0.3, 0.4) is 0 Å². The molecule has 1 aromatic rings. The van der Waals surface area contributed by atoms with Crippen LogP contribution in [0.2, 0.25) is 10.0 Å². The second kappa shape index (κ2) is 5.34. The second-order valence-corrected chi connectivity index (χ2v) is 4.05. The van der Waals surface area contributed by atoms with Gasteiger partial charge in [0.2, 0.25) is 0 Å². The van der Waals surface area contributed by atoms with Crippen LogP contribution in [0, 0.1) is 0 Å². The molecule has 0 aliphatic rings. The van der Waals surface area contributed by atoms with Crippen LogP contribution in [0.25, 0.3) is 0 Å². The molecule has 0 saturated carbocycles. The molecule has 0 aromatic heterocycles. The summed E-state index contributed by atoms with van der Waals surface area (Å²) < 4.78 is 4.95. The Morgan fingerprint density at radius 1 is 1.44 bits per heavy atom. The molecule has 86 valence electrons. The van der Waals surface area contributed by atoms with Gasteiger partial charge in [0.25, 0.3) is 5.91 Å². The quantitative estimate of drug-likeness (QED) is 0.812. The number of amides is 1. The number of thiocarbonyl (C=S) groups is 1. The smallest absolute Gasteiger partial charge is 0.257 e. The van der Waals surface area contributed by atoms with Gasteiger partial charge in [-0.1, -0.05) is 23.2 Å². The number of nitrogens with two attached hydrogens (primary N) is 1. The van der Waals surface area contributed by atoms with Crippen LogP contribution >= 0.6 is 35.4 Å². The maximum absolute atomic E-state index is 11.5. The molecule has 16 heavy (non-hydrogen) atoms. The summed E-state index contributed by atoms with van der Waals surface area (Å²) in [5.41, 5.74) is 5.43. The van der Waals surface area contributed by atoms with Crippen molar-refractivity contribution in [3.63, 3.8) is 0 Å². The summed E-state index contributed by atoms with van der Waals surface area (Å²) in [5.74, 6) is -0.158. The highest BCUT2D eigenvalue weighted by molar-refractivity contribution is 7.80. The largest absolute Gasteiger partial charge is 0.494 e. The molecule has 0 bridgehead atoms. The first-order valence-corrected chi connectivity index (χ1v) is 5.26. The zero-order chi connectivity index (χ0) is 12.3. The van der Waals surface area contributed by atoms with E-state index < -0.39 is 5.91 Å². The van der Waals surface area contributed by atoms with E-state index in [4.69, 9.17) is 33.7 Å². The molecule has 0 radical (unpaired) electrons. The van der Waals surface area contributed by atoms with Crippen molar-refractivity contribution in [1.82, 2.24) is 5.32 Å². The Hall–Kier alpha value is -1.04. The monoisotopic (exact) mass is 278 g/mol. The van der Waals surface area contributed by atoms with Crippen molar-refractivity contribution in [2.75, 3.05) is 7.11 Å². The third-order valence-corrected chi connectivity index (χ3v) is 2.36. The summed E-state index contributed by atoms with van der Waals surface area (Å²) in [7, 11) is 1.43. The van der Waals surface area contributed by atoms with E-state index in [2.05, 4.69) is 17.5 Å². The highest BCUT2D eigenvalue weighted by Crippen LogP contribution is 2.33. The SMILES string of the molecule is COc1c(Cl)cc(C(=O)NC(N)=S)cc1Cl. The Morgan fingerprint density at radius 3 is 2.31 bits per heavy atom. The van der Waals surface area contributed by atoms with E-state index in [9.17, 15) is 4.79 Å². The van der Waals surface area contributed by atoms with Gasteiger partial charge in [0, 0.05) is 5.56 Å². The van der Waals surface area contributed by atoms with Gasteiger partial charge < -0.3 is 10.5 Å². The molecule has 7 heteroatoms. The van der Waals surface area contributed by atoms with E-state index in [1.807, 2.05) is 0 Å². The van der Waals surface area contributed by atoms with Crippen molar-refractivity contribution in [2.45, 2.75) is 0 Å². The van der Waals surface area contributed by atoms with Crippen molar-refractivity contribution >= 4 is 46.4 Å². The van der Waals surface area contributed by atoms with Crippen molar-refractivity contribution in [3.8, 4) is 5.75 Å². The molecule has 0 fully saturated rings. The van der Waals surface area contributed by atoms with Crippen molar-refractivity contribution < 1.29 is 9.53 Å². The minimum Gasteiger partial charge on any atom is -0.494 e. The van der Waals surface area contributed by atoms with Gasteiger partial charge in [-0.3, -0.25) is 10.1 Å². The number of benzene rings is 1. The second-order valence-electron chi connectivity index (χ2n) is 2.79. The van der Waals surface area contributed by atoms with Crippen LogP contribution in [-0.4, -0.2) is 18.1 Å². The number of nitrogens with one attached hydrogen (secondary N) is 1. The van der Waals surface area contributed by atoms with Gasteiger partial charge in [-0.15, -0.1) is 0 Å². The Balaban J connectivity index is 3.08. The zero-order valence-electron chi connectivity index (χ0n) is 8.21. The highest BCUT2D eigenvalue weighted by Gasteiger charge is 2.13. The first kappa shape index (κ1) is 13.0. The predicted octanol–water partition coefficient (Wildman–Crippen LogP) is 1.98. The molecule has 0 aliphatic heterocycles. The molecule has 0 atom stereocenters. The average molecular weight is 279 g/mol. The molecule has 1 amide bonds. The number of hydrogen-bond donors (Lipinski definition) is 2. The fourth-order valence-corrected chi connectivity index (χ4v) is 1.80. The number of ether oxygens (including phenoxy) is 1. The van der Waals surface area contributed by atoms with Gasteiger partial charge in [0.15, 0.2) is 10.9 Å². The van der Waals surface area contributed by atoms with E-state index in [0.29, 0.717) is 5.75 Å². The summed E-state index contributed by atoms with van der Waals surface area (Å²) in [6.07, 6.45) is 0. The van der Waals surface area contributed by atoms with E-state index in [1.54, 1.807) is 0 Å². The van der Waals surface area contributed by atoms with Gasteiger partial charge in [0.05, 0.1) is 17.2 Å². The summed E-state index contributed by atoms with van der Waals surface area (Å²) in [4.78, 5) is 11.5. The molecule has 1 aromatic carbocycles. The first-order valence-electron chi connectivity index (χ1n) is 4.09. The van der Waals surface area contributed by atoms with Crippen molar-refractivity contribution in [3.05, 3.63) is 27.7 Å². The van der Waals surface area contributed by atoms with Crippen LogP contribution in [0.4, 0.5) is 0 Å². The van der Waals surface area contributed by atoms with Crippen molar-refractivity contribution in [2.24, 2.45) is 5.73 Å². The number of methoxy groups -OCH3 is 1. The van der Waals surface area contributed by atoms with Gasteiger partial charge in [0.1, 0.15) is 0 Å². The lowest BCUT2D eigenvalue weighted by Crippen LogP contribution is -2.34. The Labute approximate surface area is 108 Å². The molecule has 0 unspecified atom stereocenters. The summed E-state index contributed by atoms with van der Waals surface area (Å²) in [6, 6.07) is 2.83. The predicted molar refractivity (Wildman–Crippen MR) is 67.3 cm³/mol. The molecule has 0 aliphatic carbocycles. The minimum atomic E-state index is -0.473.